The van der Waals surface area contributed by atoms with Crippen LogP contribution < -0.4 is 0 Å². The summed E-state index contributed by atoms with van der Waals surface area (Å²) in [5, 5.41) is 0. The number of hydrogen-bond donors (Lipinski definition) is 0. The van der Waals surface area contributed by atoms with Gasteiger partial charge in [0.05, 0.1) is 11.4 Å². The molecular weight excluding hydrogens is 230 g/mol. The second kappa shape index (κ2) is 3.56. The molecule has 0 saturated heterocycles. The van der Waals surface area contributed by atoms with E-state index >= 15 is 0 Å². The highest BCUT2D eigenvalue weighted by atomic mass is 32.1. The fraction of sp³-hybridized carbons (Fsp3) is 0.615. The number of fused-ring (bicyclic) bond motifs is 5. The summed E-state index contributed by atoms with van der Waals surface area (Å²) < 4.78 is 2.48. The lowest BCUT2D eigenvalue weighted by Gasteiger charge is -2.25. The van der Waals surface area contributed by atoms with Gasteiger partial charge in [0.1, 0.15) is 0 Å². The van der Waals surface area contributed by atoms with Crippen LogP contribution in [0, 0.1) is 0 Å². The second-order valence-electron chi connectivity index (χ2n) is 5.07. The maximum absolute atomic E-state index is 4.84. The molecule has 17 heavy (non-hydrogen) atoms. The van der Waals surface area contributed by atoms with Gasteiger partial charge in [-0.2, -0.15) is 0 Å². The van der Waals surface area contributed by atoms with Gasteiger partial charge in [0, 0.05) is 30.1 Å². The third-order valence-electron chi connectivity index (χ3n) is 4.13. The standard InChI is InChI=1S/C13H17N3S/c1-2-15-7-6-9-11(8-15)16-10-4-3-5-12(10)17-13(16)14-9/h2-8H2,1H3. The SMILES string of the molecule is CCN1CCc2nc3sc4c(n3c2C1)CCC4. The first-order valence-corrected chi connectivity index (χ1v) is 7.41. The number of hydrogen-bond acceptors (Lipinski definition) is 3. The minimum absolute atomic E-state index is 1.09. The molecule has 2 aromatic rings. The Hall–Kier alpha value is -0.870. The topological polar surface area (TPSA) is 20.5 Å². The average molecular weight is 247 g/mol. The lowest BCUT2D eigenvalue weighted by molar-refractivity contribution is 0.262. The van der Waals surface area contributed by atoms with Crippen molar-refractivity contribution < 1.29 is 0 Å². The van der Waals surface area contributed by atoms with Gasteiger partial charge in [0.25, 0.3) is 0 Å². The third kappa shape index (κ3) is 1.34. The van der Waals surface area contributed by atoms with Gasteiger partial charge < -0.3 is 0 Å². The Morgan fingerprint density at radius 2 is 2.18 bits per heavy atom. The van der Waals surface area contributed by atoms with Gasteiger partial charge in [0.2, 0.25) is 0 Å². The van der Waals surface area contributed by atoms with Crippen LogP contribution in [0.4, 0.5) is 0 Å². The number of nitrogens with zero attached hydrogens (tertiary/aromatic N) is 3. The van der Waals surface area contributed by atoms with Crippen molar-refractivity contribution in [2.75, 3.05) is 13.1 Å². The Bertz CT molecular complexity index is 581. The van der Waals surface area contributed by atoms with E-state index in [2.05, 4.69) is 16.2 Å². The summed E-state index contributed by atoms with van der Waals surface area (Å²) in [4.78, 5) is 10.2. The molecule has 90 valence electrons. The number of thiazole rings is 1. The van der Waals surface area contributed by atoms with Gasteiger partial charge in [-0.1, -0.05) is 6.92 Å². The average Bonchev–Trinajstić information content (AvgIpc) is 2.96. The molecule has 0 fully saturated rings. The molecule has 1 aliphatic carbocycles. The lowest BCUT2D eigenvalue weighted by Crippen LogP contribution is -2.30. The van der Waals surface area contributed by atoms with Crippen molar-refractivity contribution in [3.8, 4) is 0 Å². The number of likely N-dealkylation sites (N-methyl/N-ethyl adjacent to an activating group) is 1. The molecule has 0 bridgehead atoms. The number of aryl methyl sites for hydroxylation is 2. The Labute approximate surface area is 105 Å². The Balaban J connectivity index is 1.91. The summed E-state index contributed by atoms with van der Waals surface area (Å²) in [5.74, 6) is 0. The van der Waals surface area contributed by atoms with Crippen LogP contribution >= 0.6 is 11.3 Å². The van der Waals surface area contributed by atoms with Crippen LogP contribution in [-0.2, 0) is 25.8 Å². The van der Waals surface area contributed by atoms with Crippen LogP contribution in [0.25, 0.3) is 4.96 Å². The summed E-state index contributed by atoms with van der Waals surface area (Å²) in [5.41, 5.74) is 4.40. The van der Waals surface area contributed by atoms with Crippen molar-refractivity contribution in [3.05, 3.63) is 22.0 Å². The predicted molar refractivity (Wildman–Crippen MR) is 69.7 cm³/mol. The smallest absolute Gasteiger partial charge is 0.194 e. The number of aromatic nitrogens is 2. The maximum Gasteiger partial charge on any atom is 0.194 e. The van der Waals surface area contributed by atoms with Crippen molar-refractivity contribution in [2.24, 2.45) is 0 Å². The second-order valence-corrected chi connectivity index (χ2v) is 6.13. The van der Waals surface area contributed by atoms with Crippen molar-refractivity contribution in [2.45, 2.75) is 39.2 Å². The molecule has 0 N–H and O–H groups in total. The Morgan fingerprint density at radius 1 is 1.24 bits per heavy atom. The van der Waals surface area contributed by atoms with Crippen molar-refractivity contribution in [1.82, 2.24) is 14.3 Å². The van der Waals surface area contributed by atoms with Gasteiger partial charge in [-0.25, -0.2) is 4.98 Å². The summed E-state index contributed by atoms with van der Waals surface area (Å²) in [6, 6.07) is 0. The molecule has 3 nitrogen and oxygen atoms in total. The molecule has 4 heteroatoms. The van der Waals surface area contributed by atoms with E-state index in [1.54, 1.807) is 10.6 Å². The van der Waals surface area contributed by atoms with Crippen LogP contribution in [0.3, 0.4) is 0 Å². The first kappa shape index (κ1) is 10.1. The number of imidazole rings is 1. The zero-order valence-corrected chi connectivity index (χ0v) is 11.0. The lowest BCUT2D eigenvalue weighted by atomic mass is 10.1. The van der Waals surface area contributed by atoms with Gasteiger partial charge in [-0.3, -0.25) is 9.30 Å². The quantitative estimate of drug-likeness (QED) is 0.770. The molecule has 0 radical (unpaired) electrons. The minimum Gasteiger partial charge on any atom is -0.297 e. The number of rotatable bonds is 1. The van der Waals surface area contributed by atoms with E-state index in [0.717, 1.165) is 19.5 Å². The van der Waals surface area contributed by atoms with E-state index in [1.807, 2.05) is 11.3 Å². The molecule has 0 saturated carbocycles. The van der Waals surface area contributed by atoms with Gasteiger partial charge in [0.15, 0.2) is 4.96 Å². The molecule has 2 aromatic heterocycles. The van der Waals surface area contributed by atoms with Gasteiger partial charge in [-0.05, 0) is 25.8 Å². The van der Waals surface area contributed by atoms with Crippen LogP contribution in [0.15, 0.2) is 0 Å². The van der Waals surface area contributed by atoms with E-state index in [-0.39, 0.29) is 0 Å². The van der Waals surface area contributed by atoms with Crippen LogP contribution in [0.5, 0.6) is 0 Å². The van der Waals surface area contributed by atoms with Crippen molar-refractivity contribution in [1.29, 1.82) is 0 Å². The zero-order chi connectivity index (χ0) is 11.4. The predicted octanol–water partition coefficient (Wildman–Crippen LogP) is 2.26. The normalized spacial score (nSPS) is 19.8. The fourth-order valence-corrected chi connectivity index (χ4v) is 4.41. The van der Waals surface area contributed by atoms with E-state index in [9.17, 15) is 0 Å². The molecule has 4 rings (SSSR count). The van der Waals surface area contributed by atoms with Crippen LogP contribution in [-0.4, -0.2) is 27.4 Å². The molecule has 0 aromatic carbocycles. The molecule has 2 aliphatic rings. The highest BCUT2D eigenvalue weighted by molar-refractivity contribution is 7.17. The summed E-state index contributed by atoms with van der Waals surface area (Å²) >= 11 is 1.92. The highest BCUT2D eigenvalue weighted by Gasteiger charge is 2.26. The summed E-state index contributed by atoms with van der Waals surface area (Å²) in [6.07, 6.45) is 4.99. The molecule has 0 amide bonds. The summed E-state index contributed by atoms with van der Waals surface area (Å²) in [6.45, 7) is 5.67. The molecule has 0 unspecified atom stereocenters. The summed E-state index contributed by atoms with van der Waals surface area (Å²) in [7, 11) is 0. The Morgan fingerprint density at radius 3 is 3.06 bits per heavy atom. The minimum atomic E-state index is 1.09. The van der Waals surface area contributed by atoms with Crippen LogP contribution in [0.1, 0.15) is 35.3 Å². The van der Waals surface area contributed by atoms with E-state index < -0.39 is 0 Å². The molecule has 1 aliphatic heterocycles. The van der Waals surface area contributed by atoms with Crippen molar-refractivity contribution >= 4 is 16.3 Å². The fourth-order valence-electron chi connectivity index (χ4n) is 3.17. The van der Waals surface area contributed by atoms with Crippen molar-refractivity contribution in [3.63, 3.8) is 0 Å². The third-order valence-corrected chi connectivity index (χ3v) is 5.28. The van der Waals surface area contributed by atoms with Crippen LogP contribution in [0.2, 0.25) is 0 Å². The van der Waals surface area contributed by atoms with Gasteiger partial charge in [-0.15, -0.1) is 11.3 Å². The molecular formula is C13H17N3S. The first-order valence-electron chi connectivity index (χ1n) is 6.60. The van der Waals surface area contributed by atoms with E-state index in [1.165, 1.54) is 42.2 Å². The van der Waals surface area contributed by atoms with Gasteiger partial charge >= 0.3 is 0 Å². The van der Waals surface area contributed by atoms with E-state index in [4.69, 9.17) is 4.98 Å². The Kier molecular flexibility index (Phi) is 2.11. The maximum atomic E-state index is 4.84. The molecule has 3 heterocycles. The van der Waals surface area contributed by atoms with E-state index in [0.29, 0.717) is 0 Å². The monoisotopic (exact) mass is 247 g/mol. The first-order chi connectivity index (χ1) is 8.36. The molecule has 0 spiro atoms. The highest BCUT2D eigenvalue weighted by Crippen LogP contribution is 2.34. The zero-order valence-electron chi connectivity index (χ0n) is 10.2. The molecule has 0 atom stereocenters. The largest absolute Gasteiger partial charge is 0.297 e.